The number of fused-ring (bicyclic) bond motifs is 1. The van der Waals surface area contributed by atoms with Crippen LogP contribution < -0.4 is 0 Å². The molecule has 1 saturated carbocycles. The van der Waals surface area contributed by atoms with Gasteiger partial charge in [-0.25, -0.2) is 0 Å². The van der Waals surface area contributed by atoms with Crippen molar-refractivity contribution in [3.05, 3.63) is 0 Å². The Hall–Kier alpha value is -0.0800. The van der Waals surface area contributed by atoms with Gasteiger partial charge in [-0.05, 0) is 25.7 Å². The predicted molar refractivity (Wildman–Crippen MR) is 60.8 cm³/mol. The van der Waals surface area contributed by atoms with E-state index in [1.165, 1.54) is 25.7 Å². The molecule has 2 fully saturated rings. The number of aliphatic hydroxyl groups is 1. The lowest BCUT2D eigenvalue weighted by Gasteiger charge is -2.34. The molecule has 0 spiro atoms. The first kappa shape index (κ1) is 11.4. The minimum Gasteiger partial charge on any atom is -0.387 e. The molecular weight excluding hydrogens is 188 g/mol. The zero-order valence-corrected chi connectivity index (χ0v) is 10.1. The number of rotatable bonds is 3. The number of epoxide rings is 1. The highest BCUT2D eigenvalue weighted by Crippen LogP contribution is 2.54. The minimum atomic E-state index is -0.574. The van der Waals surface area contributed by atoms with Crippen LogP contribution in [-0.4, -0.2) is 22.4 Å². The normalized spacial score (nSPS) is 36.6. The van der Waals surface area contributed by atoms with Gasteiger partial charge in [0.25, 0.3) is 0 Å². The van der Waals surface area contributed by atoms with Crippen LogP contribution >= 0.6 is 0 Å². The zero-order chi connectivity index (χ0) is 10.9. The van der Waals surface area contributed by atoms with Crippen LogP contribution in [0.15, 0.2) is 0 Å². The molecule has 2 nitrogen and oxygen atoms in total. The van der Waals surface area contributed by atoms with E-state index in [1.54, 1.807) is 0 Å². The largest absolute Gasteiger partial charge is 0.387 e. The lowest BCUT2D eigenvalue weighted by Crippen LogP contribution is -2.46. The van der Waals surface area contributed by atoms with Gasteiger partial charge < -0.3 is 9.84 Å². The lowest BCUT2D eigenvalue weighted by atomic mass is 9.75. The second-order valence-corrected chi connectivity index (χ2v) is 5.19. The Morgan fingerprint density at radius 3 is 2.53 bits per heavy atom. The average Bonchev–Trinajstić information content (AvgIpc) is 2.91. The molecule has 0 radical (unpaired) electrons. The van der Waals surface area contributed by atoms with E-state index in [-0.39, 0.29) is 5.60 Å². The fourth-order valence-corrected chi connectivity index (χ4v) is 3.29. The quantitative estimate of drug-likeness (QED) is 0.729. The molecule has 1 aliphatic carbocycles. The molecule has 1 saturated heterocycles. The summed E-state index contributed by atoms with van der Waals surface area (Å²) in [5.41, 5.74) is -0.744. The Kier molecular flexibility index (Phi) is 3.09. The summed E-state index contributed by atoms with van der Waals surface area (Å²) >= 11 is 0. The van der Waals surface area contributed by atoms with E-state index in [2.05, 4.69) is 13.8 Å². The second-order valence-electron chi connectivity index (χ2n) is 5.19. The van der Waals surface area contributed by atoms with Gasteiger partial charge in [0.1, 0.15) is 5.60 Å². The van der Waals surface area contributed by atoms with Gasteiger partial charge in [-0.2, -0.15) is 0 Å². The van der Waals surface area contributed by atoms with Crippen LogP contribution in [0.2, 0.25) is 0 Å². The molecular formula is C13H24O2. The first-order valence-corrected chi connectivity index (χ1v) is 6.59. The summed E-state index contributed by atoms with van der Waals surface area (Å²) in [5, 5.41) is 10.6. The van der Waals surface area contributed by atoms with Gasteiger partial charge in [0.05, 0.1) is 11.7 Å². The average molecular weight is 212 g/mol. The third-order valence-electron chi connectivity index (χ3n) is 4.54. The summed E-state index contributed by atoms with van der Waals surface area (Å²) in [6.45, 7) is 4.16. The number of hydrogen-bond donors (Lipinski definition) is 1. The van der Waals surface area contributed by atoms with Crippen LogP contribution in [-0.2, 0) is 4.74 Å². The number of hydrogen-bond acceptors (Lipinski definition) is 2. The summed E-state index contributed by atoms with van der Waals surface area (Å²) < 4.78 is 5.92. The van der Waals surface area contributed by atoms with Crippen LogP contribution in [0.5, 0.6) is 0 Å². The van der Waals surface area contributed by atoms with E-state index >= 15 is 0 Å². The van der Waals surface area contributed by atoms with Gasteiger partial charge >= 0.3 is 0 Å². The van der Waals surface area contributed by atoms with Gasteiger partial charge in [-0.3, -0.25) is 0 Å². The van der Waals surface area contributed by atoms with Gasteiger partial charge in [0, 0.05) is 0 Å². The Morgan fingerprint density at radius 2 is 1.87 bits per heavy atom. The smallest absolute Gasteiger partial charge is 0.123 e. The van der Waals surface area contributed by atoms with Crippen molar-refractivity contribution >= 4 is 0 Å². The van der Waals surface area contributed by atoms with Crippen LogP contribution in [0.25, 0.3) is 0 Å². The van der Waals surface area contributed by atoms with E-state index in [4.69, 9.17) is 4.74 Å². The Balaban J connectivity index is 2.11. The molecule has 0 bridgehead atoms. The maximum absolute atomic E-state index is 10.6. The van der Waals surface area contributed by atoms with Crippen molar-refractivity contribution in [3.63, 3.8) is 0 Å². The molecule has 88 valence electrons. The van der Waals surface area contributed by atoms with Gasteiger partial charge in [0.2, 0.25) is 0 Å². The van der Waals surface area contributed by atoms with E-state index in [0.717, 1.165) is 25.7 Å². The van der Waals surface area contributed by atoms with E-state index in [1.807, 2.05) is 0 Å². The topological polar surface area (TPSA) is 32.8 Å². The molecule has 1 aliphatic heterocycles. The molecule has 2 atom stereocenters. The second kappa shape index (κ2) is 4.06. The van der Waals surface area contributed by atoms with Crippen LogP contribution in [0, 0.1) is 0 Å². The van der Waals surface area contributed by atoms with Crippen molar-refractivity contribution in [2.45, 2.75) is 82.5 Å². The summed E-state index contributed by atoms with van der Waals surface area (Å²) in [5.74, 6) is 0. The number of ether oxygens (including phenoxy) is 1. The molecule has 0 amide bonds. The molecule has 2 aliphatic rings. The monoisotopic (exact) mass is 212 g/mol. The maximum Gasteiger partial charge on any atom is 0.123 e. The molecule has 1 heterocycles. The van der Waals surface area contributed by atoms with Crippen molar-refractivity contribution in [2.24, 2.45) is 0 Å². The van der Waals surface area contributed by atoms with Crippen LogP contribution in [0.1, 0.15) is 65.2 Å². The highest BCUT2D eigenvalue weighted by atomic mass is 16.6. The Labute approximate surface area is 93.0 Å². The molecule has 2 heteroatoms. The lowest BCUT2D eigenvalue weighted by molar-refractivity contribution is -0.0491. The van der Waals surface area contributed by atoms with Crippen molar-refractivity contribution in [3.8, 4) is 0 Å². The molecule has 2 rings (SSSR count). The summed E-state index contributed by atoms with van der Waals surface area (Å²) in [4.78, 5) is 0. The van der Waals surface area contributed by atoms with Crippen LogP contribution in [0.3, 0.4) is 0 Å². The first-order chi connectivity index (χ1) is 7.18. The van der Waals surface area contributed by atoms with Crippen molar-refractivity contribution in [2.75, 3.05) is 0 Å². The van der Waals surface area contributed by atoms with E-state index < -0.39 is 5.60 Å². The Morgan fingerprint density at radius 1 is 1.20 bits per heavy atom. The first-order valence-electron chi connectivity index (χ1n) is 6.59. The fourth-order valence-electron chi connectivity index (χ4n) is 3.29. The van der Waals surface area contributed by atoms with E-state index in [9.17, 15) is 5.11 Å². The van der Waals surface area contributed by atoms with Crippen molar-refractivity contribution in [1.82, 2.24) is 0 Å². The maximum atomic E-state index is 10.6. The SMILES string of the molecule is CCC(O)(CC)[C@@]12CCCCCC[C@@H]1O2. The molecule has 15 heavy (non-hydrogen) atoms. The highest BCUT2D eigenvalue weighted by Gasteiger charge is 2.66. The molecule has 0 unspecified atom stereocenters. The van der Waals surface area contributed by atoms with Gasteiger partial charge in [-0.15, -0.1) is 0 Å². The molecule has 0 aromatic rings. The minimum absolute atomic E-state index is 0.170. The summed E-state index contributed by atoms with van der Waals surface area (Å²) in [6.07, 6.45) is 9.35. The van der Waals surface area contributed by atoms with E-state index in [0.29, 0.717) is 6.10 Å². The van der Waals surface area contributed by atoms with Crippen molar-refractivity contribution in [1.29, 1.82) is 0 Å². The van der Waals surface area contributed by atoms with Crippen LogP contribution in [0.4, 0.5) is 0 Å². The standard InChI is InChI=1S/C13H24O2/c1-3-12(14,4-2)13-10-8-6-5-7-9-11(13)15-13/h11,14H,3-10H2,1-2H3/t11-,13+/m0/s1. The Bertz CT molecular complexity index is 223. The highest BCUT2D eigenvalue weighted by molar-refractivity contribution is 5.14. The molecule has 1 N–H and O–H groups in total. The predicted octanol–water partition coefficient (Wildman–Crippen LogP) is 3.03. The van der Waals surface area contributed by atoms with Gasteiger partial charge in [0.15, 0.2) is 0 Å². The third-order valence-corrected chi connectivity index (χ3v) is 4.54. The molecule has 0 aromatic carbocycles. The van der Waals surface area contributed by atoms with Gasteiger partial charge in [-0.1, -0.05) is 39.5 Å². The third kappa shape index (κ3) is 1.72. The van der Waals surface area contributed by atoms with Crippen molar-refractivity contribution < 1.29 is 9.84 Å². The summed E-state index contributed by atoms with van der Waals surface area (Å²) in [7, 11) is 0. The zero-order valence-electron chi connectivity index (χ0n) is 10.1. The summed E-state index contributed by atoms with van der Waals surface area (Å²) in [6, 6.07) is 0. The molecule has 0 aromatic heterocycles. The fraction of sp³-hybridized carbons (Fsp3) is 1.00.